The highest BCUT2D eigenvalue weighted by atomic mass is 16.5. The van der Waals surface area contributed by atoms with Gasteiger partial charge in [0.1, 0.15) is 6.61 Å². The molecular formula is C28H32N2O5. The van der Waals surface area contributed by atoms with Crippen molar-refractivity contribution in [1.82, 2.24) is 10.6 Å². The van der Waals surface area contributed by atoms with Crippen LogP contribution >= 0.6 is 0 Å². The highest BCUT2D eigenvalue weighted by molar-refractivity contribution is 5.80. The minimum atomic E-state index is -0.784. The van der Waals surface area contributed by atoms with Crippen molar-refractivity contribution in [1.29, 1.82) is 0 Å². The average Bonchev–Trinajstić information content (AvgIpc) is 3.59. The van der Waals surface area contributed by atoms with Gasteiger partial charge in [0.25, 0.3) is 0 Å². The number of benzene rings is 2. The first-order valence-electron chi connectivity index (χ1n) is 12.6. The van der Waals surface area contributed by atoms with E-state index < -0.39 is 12.1 Å². The first kappa shape index (κ1) is 23.4. The second-order valence-corrected chi connectivity index (χ2v) is 10.1. The summed E-state index contributed by atoms with van der Waals surface area (Å²) >= 11 is 0. The first-order valence-corrected chi connectivity index (χ1v) is 12.6. The number of carboxylic acids is 1. The standard InChI is InChI=1S/C28H32N2O5/c31-26(30-19-13-12-17(14-19)27(32)33)20-11-5-6-18(20)15-29-28(34)35-16-25-23-9-3-1-7-21(23)22-8-2-4-10-24(22)25/h1-4,7-10,17-20,25H,5-6,11-16H2,(H,29,34)(H,30,31)(H,32,33)/t17-,18?,19+,20?/m0/s1. The van der Waals surface area contributed by atoms with E-state index >= 15 is 0 Å². The monoisotopic (exact) mass is 476 g/mol. The molecule has 5 rings (SSSR count). The number of alkyl carbamates (subject to hydrolysis) is 1. The Hall–Kier alpha value is -3.35. The zero-order valence-corrected chi connectivity index (χ0v) is 19.7. The van der Waals surface area contributed by atoms with Crippen molar-refractivity contribution < 1.29 is 24.2 Å². The molecule has 7 heteroatoms. The Morgan fingerprint density at radius 1 is 0.914 bits per heavy atom. The predicted molar refractivity (Wildman–Crippen MR) is 131 cm³/mol. The van der Waals surface area contributed by atoms with Crippen LogP contribution in [-0.2, 0) is 14.3 Å². The molecule has 0 saturated heterocycles. The summed E-state index contributed by atoms with van der Waals surface area (Å²) < 4.78 is 5.63. The van der Waals surface area contributed by atoms with Gasteiger partial charge in [0.2, 0.25) is 5.91 Å². The van der Waals surface area contributed by atoms with Crippen LogP contribution in [0.5, 0.6) is 0 Å². The molecule has 3 N–H and O–H groups in total. The maximum absolute atomic E-state index is 12.9. The van der Waals surface area contributed by atoms with Gasteiger partial charge in [0.05, 0.1) is 5.92 Å². The van der Waals surface area contributed by atoms with E-state index in [1.807, 2.05) is 24.3 Å². The van der Waals surface area contributed by atoms with Crippen molar-refractivity contribution in [3.05, 3.63) is 59.7 Å². The quantitative estimate of drug-likeness (QED) is 0.552. The summed E-state index contributed by atoms with van der Waals surface area (Å²) in [4.78, 5) is 36.6. The molecule has 0 heterocycles. The number of nitrogens with one attached hydrogen (secondary N) is 2. The summed E-state index contributed by atoms with van der Waals surface area (Å²) in [5.74, 6) is -1.25. The molecule has 4 atom stereocenters. The smallest absolute Gasteiger partial charge is 0.407 e. The van der Waals surface area contributed by atoms with Gasteiger partial charge in [-0.3, -0.25) is 9.59 Å². The van der Waals surface area contributed by atoms with Crippen LogP contribution in [0.15, 0.2) is 48.5 Å². The normalized spacial score (nSPS) is 25.0. The van der Waals surface area contributed by atoms with Crippen molar-refractivity contribution in [3.63, 3.8) is 0 Å². The Labute approximate surface area is 205 Å². The molecule has 0 aromatic heterocycles. The van der Waals surface area contributed by atoms with E-state index in [1.54, 1.807) is 0 Å². The Bertz CT molecular complexity index is 1070. The van der Waals surface area contributed by atoms with Crippen LogP contribution in [0.2, 0.25) is 0 Å². The largest absolute Gasteiger partial charge is 0.481 e. The Kier molecular flexibility index (Phi) is 6.75. The first-order chi connectivity index (χ1) is 17.0. The van der Waals surface area contributed by atoms with Gasteiger partial charge in [0, 0.05) is 24.4 Å². The number of hydrogen-bond donors (Lipinski definition) is 3. The number of hydrogen-bond acceptors (Lipinski definition) is 4. The van der Waals surface area contributed by atoms with E-state index in [0.717, 1.165) is 19.3 Å². The summed E-state index contributed by atoms with van der Waals surface area (Å²) in [5.41, 5.74) is 4.72. The van der Waals surface area contributed by atoms with Gasteiger partial charge in [-0.2, -0.15) is 0 Å². The number of ether oxygens (including phenoxy) is 1. The Balaban J connectivity index is 1.12. The Morgan fingerprint density at radius 3 is 2.26 bits per heavy atom. The zero-order valence-electron chi connectivity index (χ0n) is 19.7. The summed E-state index contributed by atoms with van der Waals surface area (Å²) in [7, 11) is 0. The van der Waals surface area contributed by atoms with Gasteiger partial charge in [0.15, 0.2) is 0 Å². The maximum Gasteiger partial charge on any atom is 0.407 e. The molecule has 184 valence electrons. The van der Waals surface area contributed by atoms with E-state index in [0.29, 0.717) is 25.8 Å². The molecule has 7 nitrogen and oxygen atoms in total. The van der Waals surface area contributed by atoms with Gasteiger partial charge in [-0.05, 0) is 60.3 Å². The molecule has 35 heavy (non-hydrogen) atoms. The summed E-state index contributed by atoms with van der Waals surface area (Å²) in [6.45, 7) is 0.665. The minimum Gasteiger partial charge on any atom is -0.481 e. The number of aliphatic carboxylic acids is 1. The third kappa shape index (κ3) is 4.90. The lowest BCUT2D eigenvalue weighted by atomic mass is 9.94. The minimum absolute atomic E-state index is 0.0131. The van der Waals surface area contributed by atoms with Crippen LogP contribution in [0.3, 0.4) is 0 Å². The van der Waals surface area contributed by atoms with Crippen molar-refractivity contribution in [3.8, 4) is 11.1 Å². The van der Waals surface area contributed by atoms with Gasteiger partial charge >= 0.3 is 12.1 Å². The molecule has 2 amide bonds. The van der Waals surface area contributed by atoms with E-state index in [9.17, 15) is 19.5 Å². The van der Waals surface area contributed by atoms with E-state index in [4.69, 9.17) is 4.74 Å². The summed E-state index contributed by atoms with van der Waals surface area (Å²) in [6, 6.07) is 16.4. The topological polar surface area (TPSA) is 105 Å². The van der Waals surface area contributed by atoms with E-state index in [-0.39, 0.29) is 42.2 Å². The fourth-order valence-electron chi connectivity index (χ4n) is 6.14. The molecule has 2 aromatic rings. The molecule has 0 bridgehead atoms. The fourth-order valence-corrected chi connectivity index (χ4v) is 6.14. The fraction of sp³-hybridized carbons (Fsp3) is 0.464. The number of fused-ring (bicyclic) bond motifs is 3. The molecule has 3 aliphatic rings. The number of carbonyl (C=O) groups excluding carboxylic acids is 2. The SMILES string of the molecule is O=C(NCC1CCCC1C(=O)N[C@@H]1CC[C@H](C(=O)O)C1)OCC1c2ccccc2-c2ccccc21. The highest BCUT2D eigenvalue weighted by Gasteiger charge is 2.37. The predicted octanol–water partition coefficient (Wildman–Crippen LogP) is 4.31. The average molecular weight is 477 g/mol. The highest BCUT2D eigenvalue weighted by Crippen LogP contribution is 2.44. The van der Waals surface area contributed by atoms with Gasteiger partial charge in [-0.1, -0.05) is 55.0 Å². The van der Waals surface area contributed by atoms with E-state index in [1.165, 1.54) is 22.3 Å². The lowest BCUT2D eigenvalue weighted by Gasteiger charge is -2.22. The molecule has 3 aliphatic carbocycles. The molecule has 0 spiro atoms. The van der Waals surface area contributed by atoms with Crippen molar-refractivity contribution in [2.45, 2.75) is 50.5 Å². The molecule has 2 fully saturated rings. The third-order valence-electron chi connectivity index (χ3n) is 7.98. The second-order valence-electron chi connectivity index (χ2n) is 10.1. The van der Waals surface area contributed by atoms with Crippen LogP contribution in [0.25, 0.3) is 11.1 Å². The summed E-state index contributed by atoms with van der Waals surface area (Å²) in [5, 5.41) is 15.1. The molecular weight excluding hydrogens is 444 g/mol. The Morgan fingerprint density at radius 2 is 1.60 bits per heavy atom. The third-order valence-corrected chi connectivity index (χ3v) is 7.98. The lowest BCUT2D eigenvalue weighted by Crippen LogP contribution is -2.41. The van der Waals surface area contributed by atoms with Crippen molar-refractivity contribution in [2.24, 2.45) is 17.8 Å². The van der Waals surface area contributed by atoms with Crippen molar-refractivity contribution in [2.75, 3.05) is 13.2 Å². The van der Waals surface area contributed by atoms with Crippen LogP contribution in [0, 0.1) is 17.8 Å². The lowest BCUT2D eigenvalue weighted by molar-refractivity contribution is -0.141. The summed E-state index contributed by atoms with van der Waals surface area (Å²) in [6.07, 6.45) is 3.96. The molecule has 2 saturated carbocycles. The van der Waals surface area contributed by atoms with Gasteiger partial charge in [-0.15, -0.1) is 0 Å². The van der Waals surface area contributed by atoms with Crippen molar-refractivity contribution >= 4 is 18.0 Å². The number of carbonyl (C=O) groups is 3. The van der Waals surface area contributed by atoms with Crippen LogP contribution in [-0.4, -0.2) is 42.3 Å². The molecule has 2 aromatic carbocycles. The van der Waals surface area contributed by atoms with Gasteiger partial charge in [-0.25, -0.2) is 4.79 Å². The van der Waals surface area contributed by atoms with Crippen LogP contribution < -0.4 is 10.6 Å². The number of rotatable bonds is 7. The number of amides is 2. The maximum atomic E-state index is 12.9. The number of carboxylic acid groups (broad SMARTS) is 1. The second kappa shape index (κ2) is 10.1. The molecule has 0 radical (unpaired) electrons. The van der Waals surface area contributed by atoms with E-state index in [2.05, 4.69) is 34.9 Å². The van der Waals surface area contributed by atoms with Crippen LogP contribution in [0.4, 0.5) is 4.79 Å². The van der Waals surface area contributed by atoms with Gasteiger partial charge < -0.3 is 20.5 Å². The molecule has 0 aliphatic heterocycles. The molecule has 2 unspecified atom stereocenters. The zero-order chi connectivity index (χ0) is 24.4. The van der Waals surface area contributed by atoms with Crippen LogP contribution in [0.1, 0.15) is 55.6 Å².